The number of nitrogens with zero attached hydrogens (tertiary/aromatic N) is 1. The Kier molecular flexibility index (Phi) is 6.48. The minimum absolute atomic E-state index is 0.0915. The number of rotatable bonds is 6. The monoisotopic (exact) mass is 356 g/mol. The number of nitrogens with one attached hydrogen (secondary N) is 1. The van der Waals surface area contributed by atoms with Crippen molar-refractivity contribution in [3.63, 3.8) is 0 Å². The van der Waals surface area contributed by atoms with Crippen LogP contribution in [0.25, 0.3) is 0 Å². The Morgan fingerprint density at radius 3 is 2.71 bits per heavy atom. The first kappa shape index (κ1) is 16.3. The predicted octanol–water partition coefficient (Wildman–Crippen LogP) is 1.66. The minimum atomic E-state index is -0.504. The van der Waals surface area contributed by atoms with Crippen molar-refractivity contribution in [1.29, 1.82) is 0 Å². The quantitative estimate of drug-likeness (QED) is 0.842. The molecule has 0 radical (unpaired) electrons. The molecule has 0 aliphatic carbocycles. The third-order valence-corrected chi connectivity index (χ3v) is 3.86. The van der Waals surface area contributed by atoms with Gasteiger partial charge in [-0.2, -0.15) is 0 Å². The molecular weight excluding hydrogens is 336 g/mol. The van der Waals surface area contributed by atoms with Crippen LogP contribution in [0.15, 0.2) is 28.7 Å². The maximum absolute atomic E-state index is 12.0. The van der Waals surface area contributed by atoms with Gasteiger partial charge in [0.1, 0.15) is 5.75 Å². The lowest BCUT2D eigenvalue weighted by molar-refractivity contribution is -0.127. The van der Waals surface area contributed by atoms with Crippen LogP contribution in [-0.4, -0.2) is 56.3 Å². The average Bonchev–Trinajstić information content (AvgIpc) is 2.50. The summed E-state index contributed by atoms with van der Waals surface area (Å²) < 4.78 is 11.9. The van der Waals surface area contributed by atoms with Crippen LogP contribution < -0.4 is 10.1 Å². The Balaban J connectivity index is 1.68. The summed E-state index contributed by atoms with van der Waals surface area (Å²) in [6.45, 7) is 6.65. The van der Waals surface area contributed by atoms with Crippen LogP contribution in [0.4, 0.5) is 0 Å². The molecule has 0 bridgehead atoms. The highest BCUT2D eigenvalue weighted by Crippen LogP contribution is 2.17. The van der Waals surface area contributed by atoms with Crippen molar-refractivity contribution in [2.75, 3.05) is 39.4 Å². The molecule has 2 rings (SSSR count). The van der Waals surface area contributed by atoms with Gasteiger partial charge in [-0.15, -0.1) is 0 Å². The molecule has 5 nitrogen and oxygen atoms in total. The van der Waals surface area contributed by atoms with Gasteiger partial charge in [0.25, 0.3) is 5.91 Å². The van der Waals surface area contributed by atoms with Crippen LogP contribution in [0.2, 0.25) is 0 Å². The van der Waals surface area contributed by atoms with Gasteiger partial charge in [0.15, 0.2) is 6.10 Å². The van der Waals surface area contributed by atoms with Crippen LogP contribution in [0.1, 0.15) is 6.92 Å². The number of hydrogen-bond donors (Lipinski definition) is 1. The first-order valence-electron chi connectivity index (χ1n) is 7.15. The zero-order valence-corrected chi connectivity index (χ0v) is 13.8. The standard InChI is InChI=1S/C15H21BrN2O3/c1-12(21-14-4-2-13(16)3-5-14)15(19)17-6-7-18-8-10-20-11-9-18/h2-5,12H,6-11H2,1H3,(H,17,19)/t12-/m0/s1. The van der Waals surface area contributed by atoms with Gasteiger partial charge in [-0.25, -0.2) is 0 Å². The Morgan fingerprint density at radius 2 is 2.05 bits per heavy atom. The summed E-state index contributed by atoms with van der Waals surface area (Å²) >= 11 is 3.36. The summed E-state index contributed by atoms with van der Waals surface area (Å²) in [6.07, 6.45) is -0.504. The van der Waals surface area contributed by atoms with Crippen molar-refractivity contribution in [2.45, 2.75) is 13.0 Å². The lowest BCUT2D eigenvalue weighted by Crippen LogP contribution is -2.43. The zero-order valence-electron chi connectivity index (χ0n) is 12.2. The predicted molar refractivity (Wildman–Crippen MR) is 84.5 cm³/mol. The molecule has 1 fully saturated rings. The molecule has 1 aliphatic rings. The summed E-state index contributed by atoms with van der Waals surface area (Å²) in [5.74, 6) is 0.597. The molecule has 1 aromatic rings. The van der Waals surface area contributed by atoms with Crippen molar-refractivity contribution in [3.8, 4) is 5.75 Å². The largest absolute Gasteiger partial charge is 0.481 e. The van der Waals surface area contributed by atoms with Gasteiger partial charge in [-0.05, 0) is 31.2 Å². The second-order valence-corrected chi connectivity index (χ2v) is 5.87. The van der Waals surface area contributed by atoms with E-state index in [1.807, 2.05) is 24.3 Å². The molecule has 1 heterocycles. The van der Waals surface area contributed by atoms with Gasteiger partial charge in [0.2, 0.25) is 0 Å². The van der Waals surface area contributed by atoms with E-state index in [1.165, 1.54) is 0 Å². The smallest absolute Gasteiger partial charge is 0.260 e. The summed E-state index contributed by atoms with van der Waals surface area (Å²) in [5.41, 5.74) is 0. The molecule has 0 unspecified atom stereocenters. The van der Waals surface area contributed by atoms with E-state index < -0.39 is 6.10 Å². The van der Waals surface area contributed by atoms with Crippen LogP contribution >= 0.6 is 15.9 Å². The van der Waals surface area contributed by atoms with Crippen molar-refractivity contribution in [2.24, 2.45) is 0 Å². The average molecular weight is 357 g/mol. The topological polar surface area (TPSA) is 50.8 Å². The normalized spacial score (nSPS) is 17.2. The number of amides is 1. The summed E-state index contributed by atoms with van der Waals surface area (Å²) in [7, 11) is 0. The van der Waals surface area contributed by atoms with Crippen molar-refractivity contribution in [3.05, 3.63) is 28.7 Å². The summed E-state index contributed by atoms with van der Waals surface area (Å²) in [6, 6.07) is 7.44. The van der Waals surface area contributed by atoms with Gasteiger partial charge >= 0.3 is 0 Å². The van der Waals surface area contributed by atoms with Crippen LogP contribution in [0.3, 0.4) is 0 Å². The molecule has 1 aromatic carbocycles. The Morgan fingerprint density at radius 1 is 1.38 bits per heavy atom. The molecule has 1 aliphatic heterocycles. The van der Waals surface area contributed by atoms with Crippen molar-refractivity contribution >= 4 is 21.8 Å². The molecule has 6 heteroatoms. The van der Waals surface area contributed by atoms with Gasteiger partial charge in [-0.1, -0.05) is 15.9 Å². The van der Waals surface area contributed by atoms with Gasteiger partial charge in [0, 0.05) is 30.7 Å². The van der Waals surface area contributed by atoms with E-state index >= 15 is 0 Å². The van der Waals surface area contributed by atoms with E-state index in [4.69, 9.17) is 9.47 Å². The molecule has 1 saturated heterocycles. The van der Waals surface area contributed by atoms with E-state index in [0.29, 0.717) is 12.3 Å². The molecule has 21 heavy (non-hydrogen) atoms. The number of halogens is 1. The number of carbonyl (C=O) groups excluding carboxylic acids is 1. The van der Waals surface area contributed by atoms with Crippen molar-refractivity contribution in [1.82, 2.24) is 10.2 Å². The SMILES string of the molecule is C[C@H](Oc1ccc(Br)cc1)C(=O)NCCN1CCOCC1. The zero-order chi connectivity index (χ0) is 15.1. The number of hydrogen-bond acceptors (Lipinski definition) is 4. The number of ether oxygens (including phenoxy) is 2. The van der Waals surface area contributed by atoms with E-state index in [1.54, 1.807) is 6.92 Å². The van der Waals surface area contributed by atoms with Crippen molar-refractivity contribution < 1.29 is 14.3 Å². The first-order chi connectivity index (χ1) is 10.1. The maximum Gasteiger partial charge on any atom is 0.260 e. The number of benzene rings is 1. The van der Waals surface area contributed by atoms with E-state index in [-0.39, 0.29) is 5.91 Å². The van der Waals surface area contributed by atoms with Crippen LogP contribution in [0.5, 0.6) is 5.75 Å². The molecule has 0 aromatic heterocycles. The molecule has 1 atom stereocenters. The van der Waals surface area contributed by atoms with Crippen LogP contribution in [0, 0.1) is 0 Å². The molecule has 116 valence electrons. The van der Waals surface area contributed by atoms with E-state index in [2.05, 4.69) is 26.1 Å². The van der Waals surface area contributed by atoms with Gasteiger partial charge < -0.3 is 14.8 Å². The van der Waals surface area contributed by atoms with Gasteiger partial charge in [0.05, 0.1) is 13.2 Å². The highest BCUT2D eigenvalue weighted by molar-refractivity contribution is 9.10. The summed E-state index contributed by atoms with van der Waals surface area (Å²) in [4.78, 5) is 14.2. The lowest BCUT2D eigenvalue weighted by atomic mass is 10.3. The second-order valence-electron chi connectivity index (χ2n) is 4.96. The van der Waals surface area contributed by atoms with E-state index in [0.717, 1.165) is 37.3 Å². The molecule has 1 N–H and O–H groups in total. The molecule has 0 spiro atoms. The summed E-state index contributed by atoms with van der Waals surface area (Å²) in [5, 5.41) is 2.91. The molecular formula is C15H21BrN2O3. The first-order valence-corrected chi connectivity index (χ1v) is 7.94. The molecule has 1 amide bonds. The van der Waals surface area contributed by atoms with E-state index in [9.17, 15) is 4.79 Å². The minimum Gasteiger partial charge on any atom is -0.481 e. The third-order valence-electron chi connectivity index (χ3n) is 3.33. The van der Waals surface area contributed by atoms with Gasteiger partial charge in [-0.3, -0.25) is 9.69 Å². The highest BCUT2D eigenvalue weighted by atomic mass is 79.9. The second kappa shape index (κ2) is 8.36. The number of morpholine rings is 1. The highest BCUT2D eigenvalue weighted by Gasteiger charge is 2.15. The fraction of sp³-hybridized carbons (Fsp3) is 0.533. The Labute approximate surface area is 133 Å². The third kappa shape index (κ3) is 5.65. The lowest BCUT2D eigenvalue weighted by Gasteiger charge is -2.26. The maximum atomic E-state index is 12.0. The Hall–Kier alpha value is -1.11. The molecule has 0 saturated carbocycles. The number of carbonyl (C=O) groups is 1. The Bertz CT molecular complexity index is 447. The van der Waals surface area contributed by atoms with Crippen LogP contribution in [-0.2, 0) is 9.53 Å². The fourth-order valence-corrected chi connectivity index (χ4v) is 2.34. The fourth-order valence-electron chi connectivity index (χ4n) is 2.08.